The van der Waals surface area contributed by atoms with Gasteiger partial charge in [0.05, 0.1) is 0 Å². The lowest BCUT2D eigenvalue weighted by molar-refractivity contribution is -0.117. The second kappa shape index (κ2) is 4.66. The summed E-state index contributed by atoms with van der Waals surface area (Å²) in [5, 5.41) is 6.18. The van der Waals surface area contributed by atoms with Crippen LogP contribution in [-0.4, -0.2) is 12.5 Å². The highest BCUT2D eigenvalue weighted by Crippen LogP contribution is 2.31. The molecule has 1 aliphatic rings. The molecule has 1 amide bonds. The minimum Gasteiger partial charge on any atom is -0.324 e. The number of hydrogen-bond donors (Lipinski definition) is 2. The van der Waals surface area contributed by atoms with Crippen molar-refractivity contribution in [3.63, 3.8) is 0 Å². The van der Waals surface area contributed by atoms with Crippen molar-refractivity contribution < 1.29 is 4.79 Å². The van der Waals surface area contributed by atoms with E-state index in [1.54, 1.807) is 0 Å². The molecule has 0 fully saturated rings. The van der Waals surface area contributed by atoms with Gasteiger partial charge in [0.15, 0.2) is 0 Å². The molecule has 2 N–H and O–H groups in total. The van der Waals surface area contributed by atoms with Crippen LogP contribution in [0.1, 0.15) is 37.4 Å². The molecule has 1 aliphatic heterocycles. The van der Waals surface area contributed by atoms with Crippen molar-refractivity contribution in [1.82, 2.24) is 5.32 Å². The molecule has 0 aliphatic carbocycles. The smallest absolute Gasteiger partial charge is 0.246 e. The summed E-state index contributed by atoms with van der Waals surface area (Å²) in [7, 11) is 0. The molecule has 0 saturated carbocycles. The highest BCUT2D eigenvalue weighted by molar-refractivity contribution is 6.02. The standard InChI is InChI=1S/C13H18N2O/c1-3-7-14-12-10-8-9(4-2)5-6-11(10)15-13(12)16/h5-6,8,12,14H,3-4,7H2,1-2H3,(H,15,16). The van der Waals surface area contributed by atoms with Crippen LogP contribution in [0.5, 0.6) is 0 Å². The van der Waals surface area contributed by atoms with Gasteiger partial charge in [-0.3, -0.25) is 4.79 Å². The minimum atomic E-state index is -0.165. The molecule has 1 heterocycles. The molecule has 0 saturated heterocycles. The summed E-state index contributed by atoms with van der Waals surface area (Å²) in [5.74, 6) is 0.0664. The molecule has 0 aromatic heterocycles. The molecule has 0 spiro atoms. The van der Waals surface area contributed by atoms with Gasteiger partial charge in [-0.1, -0.05) is 26.0 Å². The monoisotopic (exact) mass is 218 g/mol. The highest BCUT2D eigenvalue weighted by Gasteiger charge is 2.29. The van der Waals surface area contributed by atoms with Crippen LogP contribution < -0.4 is 10.6 Å². The van der Waals surface area contributed by atoms with Gasteiger partial charge < -0.3 is 10.6 Å². The normalized spacial score (nSPS) is 18.4. The van der Waals surface area contributed by atoms with Crippen molar-refractivity contribution in [3.8, 4) is 0 Å². The zero-order valence-corrected chi connectivity index (χ0v) is 9.84. The van der Waals surface area contributed by atoms with E-state index in [0.29, 0.717) is 0 Å². The molecule has 1 aromatic rings. The Morgan fingerprint density at radius 2 is 2.19 bits per heavy atom. The number of carbonyl (C=O) groups excluding carboxylic acids is 1. The van der Waals surface area contributed by atoms with Crippen molar-refractivity contribution in [2.75, 3.05) is 11.9 Å². The van der Waals surface area contributed by atoms with Crippen molar-refractivity contribution in [2.24, 2.45) is 0 Å². The maximum atomic E-state index is 11.8. The van der Waals surface area contributed by atoms with Crippen LogP contribution in [0.15, 0.2) is 18.2 Å². The van der Waals surface area contributed by atoms with Crippen LogP contribution in [0.25, 0.3) is 0 Å². The zero-order valence-electron chi connectivity index (χ0n) is 9.84. The molecule has 3 heteroatoms. The van der Waals surface area contributed by atoms with Crippen molar-refractivity contribution in [1.29, 1.82) is 0 Å². The van der Waals surface area contributed by atoms with Gasteiger partial charge >= 0.3 is 0 Å². The van der Waals surface area contributed by atoms with E-state index in [1.165, 1.54) is 5.56 Å². The fourth-order valence-electron chi connectivity index (χ4n) is 2.02. The SMILES string of the molecule is CCCNC1C(=O)Nc2ccc(CC)cc21. The Morgan fingerprint density at radius 1 is 1.38 bits per heavy atom. The number of nitrogens with one attached hydrogen (secondary N) is 2. The number of rotatable bonds is 4. The fraction of sp³-hybridized carbons (Fsp3) is 0.462. The largest absolute Gasteiger partial charge is 0.324 e. The van der Waals surface area contributed by atoms with Crippen LogP contribution in [0, 0.1) is 0 Å². The van der Waals surface area contributed by atoms with Crippen LogP contribution in [-0.2, 0) is 11.2 Å². The summed E-state index contributed by atoms with van der Waals surface area (Å²) in [6.07, 6.45) is 2.04. The van der Waals surface area contributed by atoms with Crippen LogP contribution >= 0.6 is 0 Å². The van der Waals surface area contributed by atoms with Crippen molar-refractivity contribution in [2.45, 2.75) is 32.7 Å². The molecule has 16 heavy (non-hydrogen) atoms. The number of aryl methyl sites for hydroxylation is 1. The van der Waals surface area contributed by atoms with E-state index in [1.807, 2.05) is 6.07 Å². The van der Waals surface area contributed by atoms with E-state index in [9.17, 15) is 4.79 Å². The van der Waals surface area contributed by atoms with Crippen LogP contribution in [0.4, 0.5) is 5.69 Å². The Balaban J connectivity index is 2.27. The fourth-order valence-corrected chi connectivity index (χ4v) is 2.02. The summed E-state index contributed by atoms with van der Waals surface area (Å²) in [6.45, 7) is 5.09. The lowest BCUT2D eigenvalue weighted by atomic mass is 10.0. The second-order valence-corrected chi connectivity index (χ2v) is 4.15. The first-order valence-electron chi connectivity index (χ1n) is 5.93. The second-order valence-electron chi connectivity index (χ2n) is 4.15. The summed E-state index contributed by atoms with van der Waals surface area (Å²) in [4.78, 5) is 11.8. The molecule has 3 nitrogen and oxygen atoms in total. The predicted octanol–water partition coefficient (Wildman–Crippen LogP) is 2.24. The number of fused-ring (bicyclic) bond motifs is 1. The number of carbonyl (C=O) groups is 1. The molecule has 1 atom stereocenters. The first-order valence-corrected chi connectivity index (χ1v) is 5.93. The van der Waals surface area contributed by atoms with E-state index in [0.717, 1.165) is 30.6 Å². The Morgan fingerprint density at radius 3 is 2.88 bits per heavy atom. The Labute approximate surface area is 96.2 Å². The summed E-state index contributed by atoms with van der Waals surface area (Å²) >= 11 is 0. The van der Waals surface area contributed by atoms with Crippen LogP contribution in [0.3, 0.4) is 0 Å². The molecule has 0 radical (unpaired) electrons. The number of amides is 1. The lowest BCUT2D eigenvalue weighted by Gasteiger charge is -2.10. The van der Waals surface area contributed by atoms with Gasteiger partial charge in [0.2, 0.25) is 5.91 Å². The predicted molar refractivity (Wildman–Crippen MR) is 65.5 cm³/mol. The van der Waals surface area contributed by atoms with Crippen LogP contribution in [0.2, 0.25) is 0 Å². The van der Waals surface area contributed by atoms with Gasteiger partial charge in [-0.05, 0) is 31.0 Å². The average Bonchev–Trinajstić information content (AvgIpc) is 2.61. The van der Waals surface area contributed by atoms with E-state index in [4.69, 9.17) is 0 Å². The zero-order chi connectivity index (χ0) is 11.5. The first-order chi connectivity index (χ1) is 7.76. The van der Waals surface area contributed by atoms with E-state index in [2.05, 4.69) is 36.6 Å². The number of anilines is 1. The van der Waals surface area contributed by atoms with Gasteiger partial charge in [-0.15, -0.1) is 0 Å². The van der Waals surface area contributed by atoms with Gasteiger partial charge in [0, 0.05) is 11.3 Å². The molecule has 1 unspecified atom stereocenters. The topological polar surface area (TPSA) is 41.1 Å². The molecule has 0 bridgehead atoms. The Hall–Kier alpha value is -1.35. The summed E-state index contributed by atoms with van der Waals surface area (Å²) in [6, 6.07) is 6.03. The Bertz CT molecular complexity index is 401. The molecule has 2 rings (SSSR count). The van der Waals surface area contributed by atoms with Gasteiger partial charge in [-0.25, -0.2) is 0 Å². The molecular formula is C13H18N2O. The lowest BCUT2D eigenvalue weighted by Crippen LogP contribution is -2.28. The summed E-state index contributed by atoms with van der Waals surface area (Å²) < 4.78 is 0. The minimum absolute atomic E-state index is 0.0664. The molecular weight excluding hydrogens is 200 g/mol. The van der Waals surface area contributed by atoms with Crippen molar-refractivity contribution >= 4 is 11.6 Å². The molecule has 1 aromatic carbocycles. The van der Waals surface area contributed by atoms with Gasteiger partial charge in [-0.2, -0.15) is 0 Å². The van der Waals surface area contributed by atoms with E-state index >= 15 is 0 Å². The first kappa shape index (κ1) is 11.1. The maximum absolute atomic E-state index is 11.8. The quantitative estimate of drug-likeness (QED) is 0.813. The van der Waals surface area contributed by atoms with E-state index < -0.39 is 0 Å². The molecule has 86 valence electrons. The van der Waals surface area contributed by atoms with Gasteiger partial charge in [0.1, 0.15) is 6.04 Å². The number of benzene rings is 1. The Kier molecular flexibility index (Phi) is 3.25. The third-order valence-electron chi connectivity index (χ3n) is 2.95. The third-order valence-corrected chi connectivity index (χ3v) is 2.95. The number of hydrogen-bond acceptors (Lipinski definition) is 2. The average molecular weight is 218 g/mol. The highest BCUT2D eigenvalue weighted by atomic mass is 16.2. The summed E-state index contributed by atoms with van der Waals surface area (Å²) in [5.41, 5.74) is 3.33. The third kappa shape index (κ3) is 1.95. The van der Waals surface area contributed by atoms with Gasteiger partial charge in [0.25, 0.3) is 0 Å². The van der Waals surface area contributed by atoms with E-state index in [-0.39, 0.29) is 11.9 Å². The van der Waals surface area contributed by atoms with Crippen molar-refractivity contribution in [3.05, 3.63) is 29.3 Å². The maximum Gasteiger partial charge on any atom is 0.246 e.